The van der Waals surface area contributed by atoms with Gasteiger partial charge >= 0.3 is 0 Å². The van der Waals surface area contributed by atoms with Gasteiger partial charge in [0.05, 0.1) is 13.1 Å². The van der Waals surface area contributed by atoms with Crippen molar-refractivity contribution in [3.8, 4) is 0 Å². The number of piperazine rings is 1. The molecule has 1 fully saturated rings. The topological polar surface area (TPSA) is 71.4 Å². The van der Waals surface area contributed by atoms with Crippen LogP contribution in [0.4, 0.5) is 5.69 Å². The minimum atomic E-state index is 0.299. The standard InChI is InChI=1S/C16H23N5O/c1-12-4-3-5-14(13(12)2)21-8-6-20(7-9-21)11-15-18-16(10-17)22-19-15/h3-5H,6-11,17H2,1-2H3. The van der Waals surface area contributed by atoms with Crippen LogP contribution >= 0.6 is 0 Å². The van der Waals surface area contributed by atoms with Gasteiger partial charge in [-0.3, -0.25) is 4.90 Å². The molecule has 0 atom stereocenters. The van der Waals surface area contributed by atoms with E-state index in [2.05, 4.69) is 52.0 Å². The Kier molecular flexibility index (Phi) is 4.40. The molecule has 1 aromatic carbocycles. The monoisotopic (exact) mass is 301 g/mol. The normalized spacial score (nSPS) is 16.2. The molecule has 1 aliphatic rings. The summed E-state index contributed by atoms with van der Waals surface area (Å²) in [7, 11) is 0. The predicted octanol–water partition coefficient (Wildman–Crippen LogP) is 1.47. The van der Waals surface area contributed by atoms with Gasteiger partial charge in [0.25, 0.3) is 0 Å². The van der Waals surface area contributed by atoms with Gasteiger partial charge in [-0.15, -0.1) is 0 Å². The Hall–Kier alpha value is -1.92. The molecule has 0 saturated carbocycles. The van der Waals surface area contributed by atoms with Crippen molar-refractivity contribution in [2.45, 2.75) is 26.9 Å². The number of hydrogen-bond donors (Lipinski definition) is 1. The van der Waals surface area contributed by atoms with Crippen LogP contribution in [0.2, 0.25) is 0 Å². The number of aryl methyl sites for hydroxylation is 1. The second kappa shape index (κ2) is 6.46. The molecule has 0 amide bonds. The molecule has 1 aliphatic heterocycles. The van der Waals surface area contributed by atoms with Crippen LogP contribution in [0.15, 0.2) is 22.7 Å². The number of nitrogens with two attached hydrogens (primary N) is 1. The van der Waals surface area contributed by atoms with Gasteiger partial charge in [0, 0.05) is 31.9 Å². The molecule has 6 nitrogen and oxygen atoms in total. The van der Waals surface area contributed by atoms with Gasteiger partial charge in [-0.1, -0.05) is 17.3 Å². The molecular formula is C16H23N5O. The van der Waals surface area contributed by atoms with E-state index in [1.54, 1.807) is 0 Å². The quantitative estimate of drug-likeness (QED) is 0.922. The Labute approximate surface area is 130 Å². The Morgan fingerprint density at radius 3 is 2.64 bits per heavy atom. The first-order valence-corrected chi connectivity index (χ1v) is 7.72. The first-order valence-electron chi connectivity index (χ1n) is 7.72. The van der Waals surface area contributed by atoms with Gasteiger partial charge in [0.2, 0.25) is 5.89 Å². The summed E-state index contributed by atoms with van der Waals surface area (Å²) >= 11 is 0. The maximum Gasteiger partial charge on any atom is 0.240 e. The van der Waals surface area contributed by atoms with E-state index in [9.17, 15) is 0 Å². The maximum atomic E-state index is 5.49. The fourth-order valence-corrected chi connectivity index (χ4v) is 2.86. The highest BCUT2D eigenvalue weighted by molar-refractivity contribution is 5.56. The minimum Gasteiger partial charge on any atom is -0.369 e. The Balaban J connectivity index is 1.59. The second-order valence-electron chi connectivity index (χ2n) is 5.79. The lowest BCUT2D eigenvalue weighted by atomic mass is 10.1. The SMILES string of the molecule is Cc1cccc(N2CCN(Cc3noc(CN)n3)CC2)c1C. The number of aromatic nitrogens is 2. The first kappa shape index (κ1) is 15.0. The molecule has 0 spiro atoms. The van der Waals surface area contributed by atoms with Gasteiger partial charge in [0.15, 0.2) is 5.82 Å². The van der Waals surface area contributed by atoms with Crippen molar-refractivity contribution in [3.63, 3.8) is 0 Å². The summed E-state index contributed by atoms with van der Waals surface area (Å²) in [6.45, 7) is 9.43. The summed E-state index contributed by atoms with van der Waals surface area (Å²) < 4.78 is 5.05. The highest BCUT2D eigenvalue weighted by atomic mass is 16.5. The highest BCUT2D eigenvalue weighted by Crippen LogP contribution is 2.24. The van der Waals surface area contributed by atoms with E-state index in [1.165, 1.54) is 16.8 Å². The van der Waals surface area contributed by atoms with Crippen molar-refractivity contribution in [1.82, 2.24) is 15.0 Å². The van der Waals surface area contributed by atoms with Crippen LogP contribution in [0.3, 0.4) is 0 Å². The second-order valence-corrected chi connectivity index (χ2v) is 5.79. The minimum absolute atomic E-state index is 0.299. The number of benzene rings is 1. The molecule has 118 valence electrons. The van der Waals surface area contributed by atoms with Crippen LogP contribution in [0.25, 0.3) is 0 Å². The van der Waals surface area contributed by atoms with Crippen molar-refractivity contribution in [1.29, 1.82) is 0 Å². The van der Waals surface area contributed by atoms with E-state index in [0.29, 0.717) is 12.4 Å². The predicted molar refractivity (Wildman–Crippen MR) is 85.6 cm³/mol. The average Bonchev–Trinajstić information content (AvgIpc) is 2.99. The van der Waals surface area contributed by atoms with E-state index in [0.717, 1.165) is 38.5 Å². The fourth-order valence-electron chi connectivity index (χ4n) is 2.86. The van der Waals surface area contributed by atoms with Gasteiger partial charge in [-0.25, -0.2) is 0 Å². The lowest BCUT2D eigenvalue weighted by Crippen LogP contribution is -2.46. The van der Waals surface area contributed by atoms with Crippen LogP contribution < -0.4 is 10.6 Å². The van der Waals surface area contributed by atoms with Gasteiger partial charge < -0.3 is 15.2 Å². The Morgan fingerprint density at radius 2 is 1.95 bits per heavy atom. The van der Waals surface area contributed by atoms with Gasteiger partial charge in [-0.2, -0.15) is 4.98 Å². The molecule has 0 unspecified atom stereocenters. The number of anilines is 1. The summed E-state index contributed by atoms with van der Waals surface area (Å²) in [6.07, 6.45) is 0. The summed E-state index contributed by atoms with van der Waals surface area (Å²) in [6, 6.07) is 6.52. The molecule has 2 N–H and O–H groups in total. The summed E-state index contributed by atoms with van der Waals surface area (Å²) in [5.74, 6) is 1.23. The fraction of sp³-hybridized carbons (Fsp3) is 0.500. The summed E-state index contributed by atoms with van der Waals surface area (Å²) in [5, 5.41) is 3.96. The van der Waals surface area contributed by atoms with Gasteiger partial charge in [-0.05, 0) is 31.0 Å². The average molecular weight is 301 g/mol. The molecule has 0 bridgehead atoms. The van der Waals surface area contributed by atoms with E-state index in [-0.39, 0.29) is 0 Å². The van der Waals surface area contributed by atoms with E-state index < -0.39 is 0 Å². The molecule has 1 aromatic heterocycles. The lowest BCUT2D eigenvalue weighted by Gasteiger charge is -2.36. The molecule has 1 saturated heterocycles. The Bertz CT molecular complexity index is 631. The first-order chi connectivity index (χ1) is 10.7. The van der Waals surface area contributed by atoms with Crippen LogP contribution in [0.5, 0.6) is 0 Å². The van der Waals surface area contributed by atoms with E-state index in [4.69, 9.17) is 10.3 Å². The van der Waals surface area contributed by atoms with Crippen molar-refractivity contribution in [2.24, 2.45) is 5.73 Å². The largest absolute Gasteiger partial charge is 0.369 e. The van der Waals surface area contributed by atoms with Crippen molar-refractivity contribution < 1.29 is 4.52 Å². The number of nitrogens with zero attached hydrogens (tertiary/aromatic N) is 4. The summed E-state index contributed by atoms with van der Waals surface area (Å²) in [5.41, 5.74) is 9.56. The van der Waals surface area contributed by atoms with Crippen molar-refractivity contribution in [2.75, 3.05) is 31.1 Å². The van der Waals surface area contributed by atoms with E-state index >= 15 is 0 Å². The summed E-state index contributed by atoms with van der Waals surface area (Å²) in [4.78, 5) is 9.08. The molecule has 0 aliphatic carbocycles. The molecular weight excluding hydrogens is 278 g/mol. The third kappa shape index (κ3) is 3.13. The zero-order valence-corrected chi connectivity index (χ0v) is 13.2. The molecule has 2 heterocycles. The van der Waals surface area contributed by atoms with Crippen molar-refractivity contribution in [3.05, 3.63) is 41.0 Å². The zero-order valence-electron chi connectivity index (χ0n) is 13.2. The van der Waals surface area contributed by atoms with Crippen molar-refractivity contribution >= 4 is 5.69 Å². The zero-order chi connectivity index (χ0) is 15.5. The van der Waals surface area contributed by atoms with E-state index in [1.807, 2.05) is 0 Å². The van der Waals surface area contributed by atoms with Gasteiger partial charge in [0.1, 0.15) is 0 Å². The highest BCUT2D eigenvalue weighted by Gasteiger charge is 2.20. The molecule has 22 heavy (non-hydrogen) atoms. The Morgan fingerprint density at radius 1 is 1.18 bits per heavy atom. The molecule has 0 radical (unpaired) electrons. The maximum absolute atomic E-state index is 5.49. The lowest BCUT2D eigenvalue weighted by molar-refractivity contribution is 0.240. The third-order valence-electron chi connectivity index (χ3n) is 4.34. The smallest absolute Gasteiger partial charge is 0.240 e. The van der Waals surface area contributed by atoms with Crippen LogP contribution in [0, 0.1) is 13.8 Å². The molecule has 3 rings (SSSR count). The molecule has 6 heteroatoms. The van der Waals surface area contributed by atoms with Crippen LogP contribution in [-0.2, 0) is 13.1 Å². The number of hydrogen-bond acceptors (Lipinski definition) is 6. The third-order valence-corrected chi connectivity index (χ3v) is 4.34. The number of rotatable bonds is 4. The molecule has 2 aromatic rings. The van der Waals surface area contributed by atoms with Crippen LogP contribution in [0.1, 0.15) is 22.8 Å². The van der Waals surface area contributed by atoms with Crippen LogP contribution in [-0.4, -0.2) is 41.2 Å².